The summed E-state index contributed by atoms with van der Waals surface area (Å²) in [7, 11) is 0. The highest BCUT2D eigenvalue weighted by Gasteiger charge is 2.55. The molecule has 9 nitrogen and oxygen atoms in total. The second-order valence-electron chi connectivity index (χ2n) is 6.25. The van der Waals surface area contributed by atoms with Gasteiger partial charge in [-0.15, -0.1) is 0 Å². The number of hydrogen-bond donors (Lipinski definition) is 2. The molecule has 4 atom stereocenters. The number of nitrogen functional groups attached to an aromatic ring is 1. The zero-order chi connectivity index (χ0) is 16.9. The third-order valence-corrected chi connectivity index (χ3v) is 4.16. The molecule has 9 heteroatoms. The molecule has 0 bridgehead atoms. The lowest BCUT2D eigenvalue weighted by molar-refractivity contribution is -0.191. The van der Waals surface area contributed by atoms with Crippen LogP contribution in [0.5, 0.6) is 0 Å². The minimum Gasteiger partial charge on any atom is -0.392 e. The Labute approximate surface area is 138 Å². The van der Waals surface area contributed by atoms with Crippen molar-refractivity contribution >= 4 is 17.0 Å². The molecule has 4 rings (SSSR count). The molecule has 2 aliphatic rings. The number of ether oxygens (including phenoxy) is 3. The molecule has 2 fully saturated rings. The molecule has 2 aromatic heterocycles. The van der Waals surface area contributed by atoms with Crippen LogP contribution in [0.1, 0.15) is 20.1 Å². The summed E-state index contributed by atoms with van der Waals surface area (Å²) in [4.78, 5) is 12.5. The van der Waals surface area contributed by atoms with Crippen LogP contribution in [-0.2, 0) is 14.2 Å². The van der Waals surface area contributed by atoms with Crippen LogP contribution < -0.4 is 5.73 Å². The van der Waals surface area contributed by atoms with Crippen LogP contribution in [0.3, 0.4) is 0 Å². The fraction of sp³-hybridized carbons (Fsp3) is 0.533. The van der Waals surface area contributed by atoms with E-state index in [9.17, 15) is 0 Å². The SMILES string of the molecule is CC1(C)O[C@H]2C(C=CCO)OC(n3cnc4c(N)ncnc43)[C@@H]2O1. The van der Waals surface area contributed by atoms with Gasteiger partial charge in [0.05, 0.1) is 12.9 Å². The van der Waals surface area contributed by atoms with Gasteiger partial charge in [0.1, 0.15) is 30.2 Å². The number of aliphatic hydroxyl groups excluding tert-OH is 1. The van der Waals surface area contributed by atoms with E-state index < -0.39 is 12.0 Å². The Morgan fingerprint density at radius 3 is 2.88 bits per heavy atom. The number of aromatic nitrogens is 4. The molecule has 2 saturated heterocycles. The second-order valence-corrected chi connectivity index (χ2v) is 6.25. The summed E-state index contributed by atoms with van der Waals surface area (Å²) in [5, 5.41) is 9.03. The Balaban J connectivity index is 1.74. The third kappa shape index (κ3) is 2.37. The van der Waals surface area contributed by atoms with E-state index in [4.69, 9.17) is 25.1 Å². The molecule has 0 saturated carbocycles. The summed E-state index contributed by atoms with van der Waals surface area (Å²) in [5.41, 5.74) is 6.94. The summed E-state index contributed by atoms with van der Waals surface area (Å²) >= 11 is 0. The maximum absolute atomic E-state index is 9.03. The highest BCUT2D eigenvalue weighted by atomic mass is 16.8. The standard InChI is InChI=1S/C15H19N5O4/c1-15(2)23-10-8(4-3-5-21)22-14(11(10)24-15)20-7-19-9-12(16)17-6-18-13(9)20/h3-4,6-8,10-11,14,21H,5H2,1-2H3,(H2,16,17,18)/t8?,10-,11+,14?/m0/s1. The summed E-state index contributed by atoms with van der Waals surface area (Å²) in [5.74, 6) is -0.401. The summed E-state index contributed by atoms with van der Waals surface area (Å²) in [6.45, 7) is 3.66. The van der Waals surface area contributed by atoms with Crippen molar-refractivity contribution in [1.82, 2.24) is 19.5 Å². The van der Waals surface area contributed by atoms with Gasteiger partial charge in [-0.25, -0.2) is 15.0 Å². The van der Waals surface area contributed by atoms with Crippen molar-refractivity contribution in [2.24, 2.45) is 0 Å². The third-order valence-electron chi connectivity index (χ3n) is 4.16. The quantitative estimate of drug-likeness (QED) is 0.774. The van der Waals surface area contributed by atoms with Gasteiger partial charge in [-0.2, -0.15) is 0 Å². The average molecular weight is 333 g/mol. The molecule has 0 aliphatic carbocycles. The van der Waals surface area contributed by atoms with Crippen molar-refractivity contribution in [3.63, 3.8) is 0 Å². The van der Waals surface area contributed by atoms with Gasteiger partial charge in [0, 0.05) is 0 Å². The van der Waals surface area contributed by atoms with E-state index in [1.807, 2.05) is 13.8 Å². The van der Waals surface area contributed by atoms with E-state index in [0.717, 1.165) is 0 Å². The number of imidazole rings is 1. The molecular formula is C15H19N5O4. The Morgan fingerprint density at radius 2 is 2.08 bits per heavy atom. The lowest BCUT2D eigenvalue weighted by Gasteiger charge is -2.24. The minimum absolute atomic E-state index is 0.0655. The normalized spacial score (nSPS) is 32.0. The van der Waals surface area contributed by atoms with Crippen molar-refractivity contribution in [3.8, 4) is 0 Å². The first kappa shape index (κ1) is 15.5. The van der Waals surface area contributed by atoms with Gasteiger partial charge in [-0.3, -0.25) is 4.57 Å². The number of fused-ring (bicyclic) bond motifs is 2. The Bertz CT molecular complexity index is 789. The van der Waals surface area contributed by atoms with Crippen LogP contribution in [0, 0.1) is 0 Å². The van der Waals surface area contributed by atoms with Gasteiger partial charge in [0.25, 0.3) is 0 Å². The Morgan fingerprint density at radius 1 is 1.29 bits per heavy atom. The predicted molar refractivity (Wildman–Crippen MR) is 83.7 cm³/mol. The molecule has 0 aromatic carbocycles. The van der Waals surface area contributed by atoms with Gasteiger partial charge in [0.2, 0.25) is 0 Å². The van der Waals surface area contributed by atoms with Crippen molar-refractivity contribution in [2.45, 2.75) is 44.2 Å². The van der Waals surface area contributed by atoms with Crippen molar-refractivity contribution in [1.29, 1.82) is 0 Å². The molecule has 2 unspecified atom stereocenters. The zero-order valence-corrected chi connectivity index (χ0v) is 13.4. The molecule has 0 amide bonds. The lowest BCUT2D eigenvalue weighted by Crippen LogP contribution is -2.28. The van der Waals surface area contributed by atoms with Gasteiger partial charge >= 0.3 is 0 Å². The molecule has 2 aliphatic heterocycles. The summed E-state index contributed by atoms with van der Waals surface area (Å²) < 4.78 is 19.9. The van der Waals surface area contributed by atoms with E-state index in [0.29, 0.717) is 17.0 Å². The molecule has 24 heavy (non-hydrogen) atoms. The van der Waals surface area contributed by atoms with Crippen LogP contribution in [0.2, 0.25) is 0 Å². The van der Waals surface area contributed by atoms with E-state index in [1.165, 1.54) is 6.33 Å². The van der Waals surface area contributed by atoms with E-state index in [1.54, 1.807) is 23.0 Å². The molecule has 0 radical (unpaired) electrons. The number of anilines is 1. The first-order valence-electron chi connectivity index (χ1n) is 7.72. The zero-order valence-electron chi connectivity index (χ0n) is 13.4. The lowest BCUT2D eigenvalue weighted by atomic mass is 10.1. The largest absolute Gasteiger partial charge is 0.392 e. The number of nitrogens with two attached hydrogens (primary N) is 1. The molecule has 128 valence electrons. The smallest absolute Gasteiger partial charge is 0.167 e. The Hall–Kier alpha value is -2.07. The van der Waals surface area contributed by atoms with Gasteiger partial charge in [-0.1, -0.05) is 12.2 Å². The molecule has 3 N–H and O–H groups in total. The van der Waals surface area contributed by atoms with Crippen molar-refractivity contribution in [3.05, 3.63) is 24.8 Å². The van der Waals surface area contributed by atoms with Gasteiger partial charge in [0.15, 0.2) is 23.5 Å². The number of rotatable bonds is 3. The highest BCUT2D eigenvalue weighted by molar-refractivity contribution is 5.81. The van der Waals surface area contributed by atoms with Crippen LogP contribution in [0.15, 0.2) is 24.8 Å². The van der Waals surface area contributed by atoms with Crippen LogP contribution >= 0.6 is 0 Å². The fourth-order valence-electron chi connectivity index (χ4n) is 3.24. The predicted octanol–water partition coefficient (Wildman–Crippen LogP) is 0.374. The first-order chi connectivity index (χ1) is 11.5. The highest BCUT2D eigenvalue weighted by Crippen LogP contribution is 2.44. The van der Waals surface area contributed by atoms with E-state index in [-0.39, 0.29) is 24.9 Å². The van der Waals surface area contributed by atoms with E-state index >= 15 is 0 Å². The maximum Gasteiger partial charge on any atom is 0.167 e. The molecule has 2 aromatic rings. The van der Waals surface area contributed by atoms with E-state index in [2.05, 4.69) is 15.0 Å². The minimum atomic E-state index is -0.715. The molecule has 4 heterocycles. The first-order valence-corrected chi connectivity index (χ1v) is 7.72. The summed E-state index contributed by atoms with van der Waals surface area (Å²) in [6.07, 6.45) is 4.99. The number of hydrogen-bond acceptors (Lipinski definition) is 8. The monoisotopic (exact) mass is 333 g/mol. The van der Waals surface area contributed by atoms with Crippen LogP contribution in [0.4, 0.5) is 5.82 Å². The van der Waals surface area contributed by atoms with Crippen molar-refractivity contribution < 1.29 is 19.3 Å². The number of nitrogens with zero attached hydrogens (tertiary/aromatic N) is 4. The molecular weight excluding hydrogens is 314 g/mol. The maximum atomic E-state index is 9.03. The van der Waals surface area contributed by atoms with Crippen LogP contribution in [-0.4, -0.2) is 55.3 Å². The fourth-order valence-corrected chi connectivity index (χ4v) is 3.24. The van der Waals surface area contributed by atoms with Crippen LogP contribution in [0.25, 0.3) is 11.2 Å². The number of aliphatic hydroxyl groups is 1. The van der Waals surface area contributed by atoms with Gasteiger partial charge in [-0.05, 0) is 13.8 Å². The Kier molecular flexibility index (Phi) is 3.53. The van der Waals surface area contributed by atoms with Gasteiger partial charge < -0.3 is 25.1 Å². The van der Waals surface area contributed by atoms with Crippen molar-refractivity contribution in [2.75, 3.05) is 12.3 Å². The molecule has 0 spiro atoms. The topological polar surface area (TPSA) is 118 Å². The average Bonchev–Trinajstić information content (AvgIpc) is 3.17. The second kappa shape index (κ2) is 5.49. The summed E-state index contributed by atoms with van der Waals surface area (Å²) in [6, 6.07) is 0.